The van der Waals surface area contributed by atoms with E-state index in [0.717, 1.165) is 5.56 Å². The average molecular weight is 632 g/mol. The number of guanidine groups is 1. The Labute approximate surface area is 263 Å². The number of benzene rings is 1. The minimum absolute atomic E-state index is 0.0611. The van der Waals surface area contributed by atoms with Crippen LogP contribution in [0.1, 0.15) is 58.4 Å². The summed E-state index contributed by atoms with van der Waals surface area (Å²) in [5, 5.41) is 18.3. The van der Waals surface area contributed by atoms with Gasteiger partial charge >= 0.3 is 0 Å². The maximum atomic E-state index is 13.6. The third kappa shape index (κ3) is 12.0. The second kappa shape index (κ2) is 17.9. The Hall–Kier alpha value is -4.24. The number of carbonyl (C=O) groups is 5. The number of nitrogens with zero attached hydrogens (tertiary/aromatic N) is 2. The lowest BCUT2D eigenvalue weighted by Crippen LogP contribution is -2.60. The Morgan fingerprint density at radius 3 is 2.22 bits per heavy atom. The normalized spacial score (nSPS) is 17.8. The molecule has 0 saturated carbocycles. The van der Waals surface area contributed by atoms with Crippen LogP contribution in [0, 0.1) is 5.92 Å². The van der Waals surface area contributed by atoms with Gasteiger partial charge in [0.15, 0.2) is 5.96 Å². The van der Waals surface area contributed by atoms with Gasteiger partial charge in [-0.1, -0.05) is 44.2 Å². The van der Waals surface area contributed by atoms with Crippen LogP contribution in [0.25, 0.3) is 0 Å². The van der Waals surface area contributed by atoms with Crippen LogP contribution in [-0.2, 0) is 30.4 Å². The van der Waals surface area contributed by atoms with Gasteiger partial charge in [-0.3, -0.25) is 29.0 Å². The van der Waals surface area contributed by atoms with Crippen LogP contribution in [0.5, 0.6) is 0 Å². The third-order valence-corrected chi connectivity index (χ3v) is 7.47. The van der Waals surface area contributed by atoms with Crippen molar-refractivity contribution in [3.8, 4) is 0 Å². The van der Waals surface area contributed by atoms with Gasteiger partial charge in [0.05, 0.1) is 12.1 Å². The van der Waals surface area contributed by atoms with Gasteiger partial charge < -0.3 is 48.9 Å². The lowest BCUT2D eigenvalue weighted by atomic mass is 10.0. The van der Waals surface area contributed by atoms with Crippen molar-refractivity contribution in [3.63, 3.8) is 0 Å². The van der Waals surface area contributed by atoms with E-state index in [9.17, 15) is 29.1 Å². The summed E-state index contributed by atoms with van der Waals surface area (Å²) in [6.45, 7) is 5.51. The van der Waals surface area contributed by atoms with Crippen LogP contribution >= 0.6 is 0 Å². The standard InChI is InChI=1S/C30H49N9O6/c1-17(2)15-22(25(32)41)37-27(43)21(11-7-13-35-30(33)34)36-28(44)23-12-8-14-39(23)29(45)24(18(3)40)38-26(42)20(31)16-19-9-5-4-6-10-19/h4-6,9-10,17-18,20-24,40H,7-8,11-16,31H2,1-3H3,(H2,32,41)(H,36,44)(H,37,43)(H,38,42)(H4,33,34,35)/t18-,20+,21+,22+,23+,24+/m0/s1. The van der Waals surface area contributed by atoms with Crippen molar-refractivity contribution in [2.75, 3.05) is 13.1 Å². The molecule has 1 aliphatic rings. The Balaban J connectivity index is 2.16. The number of nitrogens with one attached hydrogen (secondary N) is 3. The minimum Gasteiger partial charge on any atom is -0.391 e. The molecule has 0 bridgehead atoms. The van der Waals surface area contributed by atoms with Crippen molar-refractivity contribution in [2.24, 2.45) is 33.8 Å². The van der Waals surface area contributed by atoms with Crippen LogP contribution < -0.4 is 38.9 Å². The zero-order valence-corrected chi connectivity index (χ0v) is 26.3. The van der Waals surface area contributed by atoms with Crippen LogP contribution in [0.3, 0.4) is 0 Å². The number of aliphatic imine (C=N–C) groups is 1. The summed E-state index contributed by atoms with van der Waals surface area (Å²) in [5.74, 6) is -3.25. The quantitative estimate of drug-likeness (QED) is 0.0534. The van der Waals surface area contributed by atoms with Crippen molar-refractivity contribution in [3.05, 3.63) is 35.9 Å². The van der Waals surface area contributed by atoms with Crippen molar-refractivity contribution in [1.29, 1.82) is 0 Å². The van der Waals surface area contributed by atoms with Gasteiger partial charge in [-0.2, -0.15) is 0 Å². The molecular formula is C30H49N9O6. The summed E-state index contributed by atoms with van der Waals surface area (Å²) < 4.78 is 0. The first-order chi connectivity index (χ1) is 21.2. The topological polar surface area (TPSA) is 261 Å². The maximum absolute atomic E-state index is 13.6. The van der Waals surface area contributed by atoms with E-state index in [-0.39, 0.29) is 37.8 Å². The van der Waals surface area contributed by atoms with Gasteiger partial charge in [0.25, 0.3) is 0 Å². The summed E-state index contributed by atoms with van der Waals surface area (Å²) in [6.07, 6.45) is 0.491. The zero-order chi connectivity index (χ0) is 33.7. The summed E-state index contributed by atoms with van der Waals surface area (Å²) in [7, 11) is 0. The predicted molar refractivity (Wildman–Crippen MR) is 169 cm³/mol. The molecule has 0 spiro atoms. The Morgan fingerprint density at radius 2 is 1.64 bits per heavy atom. The number of rotatable bonds is 17. The maximum Gasteiger partial charge on any atom is 0.248 e. The summed E-state index contributed by atoms with van der Waals surface area (Å²) >= 11 is 0. The number of aliphatic hydroxyl groups is 1. The predicted octanol–water partition coefficient (Wildman–Crippen LogP) is -2.03. The highest BCUT2D eigenvalue weighted by atomic mass is 16.3. The van der Waals surface area contributed by atoms with Gasteiger partial charge in [0.2, 0.25) is 29.5 Å². The molecule has 0 unspecified atom stereocenters. The molecule has 12 N–H and O–H groups in total. The molecule has 45 heavy (non-hydrogen) atoms. The van der Waals surface area contributed by atoms with E-state index < -0.39 is 65.8 Å². The molecule has 1 aromatic rings. The SMILES string of the molecule is CC(C)C[C@@H](NC(=O)[C@@H](CCCN=C(N)N)NC(=O)[C@H]1CCCN1C(=O)[C@H](NC(=O)[C@H](N)Cc1ccccc1)[C@H](C)O)C(N)=O. The molecule has 1 aromatic carbocycles. The molecule has 1 aliphatic heterocycles. The minimum atomic E-state index is -1.35. The molecule has 0 aliphatic carbocycles. The first kappa shape index (κ1) is 36.9. The molecule has 2 rings (SSSR count). The molecule has 15 nitrogen and oxygen atoms in total. The molecule has 1 fully saturated rings. The van der Waals surface area contributed by atoms with E-state index in [4.69, 9.17) is 22.9 Å². The number of amides is 5. The van der Waals surface area contributed by atoms with Gasteiger partial charge in [-0.15, -0.1) is 0 Å². The monoisotopic (exact) mass is 631 g/mol. The average Bonchev–Trinajstić information content (AvgIpc) is 3.46. The number of likely N-dealkylation sites (tertiary alicyclic amines) is 1. The van der Waals surface area contributed by atoms with Crippen molar-refractivity contribution in [2.45, 2.75) is 95.6 Å². The van der Waals surface area contributed by atoms with Gasteiger partial charge in [0, 0.05) is 13.1 Å². The highest BCUT2D eigenvalue weighted by molar-refractivity contribution is 5.96. The first-order valence-corrected chi connectivity index (χ1v) is 15.2. The summed E-state index contributed by atoms with van der Waals surface area (Å²) in [5.41, 5.74) is 23.2. The molecule has 250 valence electrons. The highest BCUT2D eigenvalue weighted by Gasteiger charge is 2.40. The van der Waals surface area contributed by atoms with Crippen molar-refractivity contribution < 1.29 is 29.1 Å². The molecule has 5 amide bonds. The van der Waals surface area contributed by atoms with Crippen LogP contribution in [0.2, 0.25) is 0 Å². The molecule has 1 heterocycles. The van der Waals surface area contributed by atoms with Crippen LogP contribution in [0.15, 0.2) is 35.3 Å². The fourth-order valence-corrected chi connectivity index (χ4v) is 5.12. The molecule has 0 radical (unpaired) electrons. The lowest BCUT2D eigenvalue weighted by molar-refractivity contribution is -0.144. The fraction of sp³-hybridized carbons (Fsp3) is 0.600. The van der Waals surface area contributed by atoms with E-state index >= 15 is 0 Å². The van der Waals surface area contributed by atoms with Crippen LogP contribution in [0.4, 0.5) is 0 Å². The molecule has 6 atom stereocenters. The smallest absolute Gasteiger partial charge is 0.248 e. The van der Waals surface area contributed by atoms with E-state index in [1.165, 1.54) is 11.8 Å². The summed E-state index contributed by atoms with van der Waals surface area (Å²) in [6, 6.07) is 3.81. The molecule has 1 saturated heterocycles. The lowest BCUT2D eigenvalue weighted by Gasteiger charge is -2.31. The fourth-order valence-electron chi connectivity index (χ4n) is 5.12. The number of hydrogen-bond acceptors (Lipinski definition) is 8. The number of hydrogen-bond donors (Lipinski definition) is 8. The Morgan fingerprint density at radius 1 is 0.978 bits per heavy atom. The van der Waals surface area contributed by atoms with E-state index in [2.05, 4.69) is 20.9 Å². The van der Waals surface area contributed by atoms with Gasteiger partial charge in [-0.25, -0.2) is 0 Å². The van der Waals surface area contributed by atoms with Gasteiger partial charge in [0.1, 0.15) is 24.2 Å². The number of carbonyl (C=O) groups excluding carboxylic acids is 5. The number of aliphatic hydroxyl groups excluding tert-OH is 1. The second-order valence-corrected chi connectivity index (χ2v) is 11.8. The van der Waals surface area contributed by atoms with E-state index in [1.54, 1.807) is 0 Å². The number of nitrogens with two attached hydrogens (primary N) is 4. The van der Waals surface area contributed by atoms with E-state index in [0.29, 0.717) is 25.7 Å². The third-order valence-electron chi connectivity index (χ3n) is 7.47. The second-order valence-electron chi connectivity index (χ2n) is 11.8. The molecular weight excluding hydrogens is 582 g/mol. The number of primary amides is 1. The summed E-state index contributed by atoms with van der Waals surface area (Å²) in [4.78, 5) is 70.4. The van der Waals surface area contributed by atoms with Crippen molar-refractivity contribution in [1.82, 2.24) is 20.9 Å². The Bertz CT molecular complexity index is 1190. The first-order valence-electron chi connectivity index (χ1n) is 15.2. The largest absolute Gasteiger partial charge is 0.391 e. The molecule has 0 aromatic heterocycles. The van der Waals surface area contributed by atoms with E-state index in [1.807, 2.05) is 44.2 Å². The van der Waals surface area contributed by atoms with Crippen molar-refractivity contribution >= 4 is 35.5 Å². The Kier molecular flexibility index (Phi) is 14.7. The zero-order valence-electron chi connectivity index (χ0n) is 26.3. The van der Waals surface area contributed by atoms with Gasteiger partial charge in [-0.05, 0) is 56.9 Å². The highest BCUT2D eigenvalue weighted by Crippen LogP contribution is 2.20. The van der Waals surface area contributed by atoms with Crippen LogP contribution in [-0.4, -0.2) is 94.9 Å². The molecule has 15 heteroatoms.